The molecule has 5 aromatic rings. The molecule has 3 aromatic carbocycles. The van der Waals surface area contributed by atoms with Gasteiger partial charge >= 0.3 is 29.8 Å². The van der Waals surface area contributed by atoms with E-state index in [0.717, 1.165) is 39.2 Å². The molecule has 0 amide bonds. The van der Waals surface area contributed by atoms with E-state index in [0.29, 0.717) is 0 Å². The zero-order valence-electron chi connectivity index (χ0n) is 21.6. The zero-order valence-corrected chi connectivity index (χ0v) is 26.3. The number of alkyl halides is 3. The van der Waals surface area contributed by atoms with Crippen molar-refractivity contribution >= 4 is 10.7 Å². The van der Waals surface area contributed by atoms with Crippen molar-refractivity contribution in [1.82, 2.24) is 9.97 Å². The Bertz CT molecular complexity index is 1520. The van der Waals surface area contributed by atoms with E-state index in [2.05, 4.69) is 22.1 Å². The number of hydrogen-bond donors (Lipinski definition) is 0. The second kappa shape index (κ2) is 19.1. The Morgan fingerprint density at radius 1 is 0.762 bits per heavy atom. The zero-order chi connectivity index (χ0) is 30.3. The predicted molar refractivity (Wildman–Crippen MR) is 143 cm³/mol. The van der Waals surface area contributed by atoms with Crippen molar-refractivity contribution in [2.45, 2.75) is 12.4 Å². The van der Waals surface area contributed by atoms with Crippen molar-refractivity contribution in [3.8, 4) is 33.6 Å². The molecule has 5 rings (SSSR count). The summed E-state index contributed by atoms with van der Waals surface area (Å²) in [7, 11) is -3.93. The predicted octanol–water partition coefficient (Wildman–Crippen LogP) is 7.90. The maximum atomic E-state index is 13.0. The van der Waals surface area contributed by atoms with E-state index < -0.39 is 16.2 Å². The molecule has 42 heavy (non-hydrogen) atoms. The Balaban J connectivity index is 0.000000342. The van der Waals surface area contributed by atoms with Crippen LogP contribution in [-0.4, -0.2) is 15.5 Å². The van der Waals surface area contributed by atoms with Crippen molar-refractivity contribution in [2.24, 2.45) is 0 Å². The summed E-state index contributed by atoms with van der Waals surface area (Å²) in [5.41, 5.74) is 1.90. The van der Waals surface area contributed by atoms with E-state index in [1.54, 1.807) is 39.4 Å². The van der Waals surface area contributed by atoms with Crippen molar-refractivity contribution in [3.05, 3.63) is 133 Å². The van der Waals surface area contributed by atoms with E-state index in [-0.39, 0.29) is 25.9 Å². The second-order valence-corrected chi connectivity index (χ2v) is 8.77. The van der Waals surface area contributed by atoms with Gasteiger partial charge in [-0.25, -0.2) is 4.39 Å². The molecule has 2 heterocycles. The Hall–Kier alpha value is -3.18. The van der Waals surface area contributed by atoms with Crippen LogP contribution < -0.4 is 0 Å². The van der Waals surface area contributed by atoms with Crippen LogP contribution in [0.5, 0.6) is 0 Å². The number of aryl methyl sites for hydroxylation is 1. The molecular weight excluding hydrogens is 844 g/mol. The molecule has 0 N–H and O–H groups in total. The maximum absolute atomic E-state index is 13.0. The standard InChI is InChI=1S/C18H13FN.C11H8N.CF3O2S.Ag.Ir.O/c1-13-11-18(15-5-3-2-4-6-15)20-12-17(13)14-7-9-16(19)10-8-14;1-2-6-10(7-3-1)11-8-4-5-9-12-11;2-1(3,4)7(5)6;;;/h2-5,7-12H,1H3;1-6,8-9H;;;;/q3*-1;;;. The molecule has 2 aromatic heterocycles. The Kier molecular flexibility index (Phi) is 16.8. The number of hydrogen-bond acceptors (Lipinski definition) is 6. The van der Waals surface area contributed by atoms with Gasteiger partial charge in [0.15, 0.2) is 0 Å². The normalized spacial score (nSPS) is 10.0. The number of aromatic nitrogens is 2. The molecular formula is C30H21AgF4IrN2O3S-3. The fourth-order valence-corrected chi connectivity index (χ4v) is 3.26. The first-order valence-electron chi connectivity index (χ1n) is 11.5. The maximum Gasteiger partial charge on any atom is 0.0160 e. The van der Waals surface area contributed by atoms with Gasteiger partial charge in [-0.2, -0.15) is 13.2 Å². The molecule has 226 valence electrons. The molecule has 0 spiro atoms. The Labute approximate surface area is 268 Å². The molecule has 0 aliphatic rings. The van der Waals surface area contributed by atoms with Gasteiger partial charge in [0.25, 0.3) is 0 Å². The van der Waals surface area contributed by atoms with Crippen molar-refractivity contribution in [2.75, 3.05) is 0 Å². The topological polar surface area (TPSA) is 77.0 Å². The van der Waals surface area contributed by atoms with Crippen LogP contribution in [0.25, 0.3) is 33.6 Å². The molecule has 0 saturated heterocycles. The van der Waals surface area contributed by atoms with E-state index in [1.165, 1.54) is 12.1 Å². The number of rotatable bonds is 3. The average molecular weight is 866 g/mol. The smallest absolute Gasteiger partial charge is 0.0160 e. The second-order valence-electron chi connectivity index (χ2n) is 7.84. The van der Waals surface area contributed by atoms with Gasteiger partial charge in [0.1, 0.15) is 5.82 Å². The van der Waals surface area contributed by atoms with E-state index >= 15 is 0 Å². The van der Waals surface area contributed by atoms with Crippen molar-refractivity contribution < 1.29 is 70.4 Å². The van der Waals surface area contributed by atoms with Crippen LogP contribution in [0.4, 0.5) is 17.6 Å². The molecule has 0 saturated carbocycles. The van der Waals surface area contributed by atoms with Gasteiger partial charge in [-0.15, -0.1) is 71.8 Å². The SMILES string of the molecule is Cc1cc(-c2[c-]cccc2)ncc1-c1ccc(F)cc1.O=[S-](=O)C(F)(F)F.[Ir].[O]=[Ag].[c-]1ccccc1-c1ccccn1. The van der Waals surface area contributed by atoms with Crippen molar-refractivity contribution in [3.63, 3.8) is 0 Å². The molecule has 0 unspecified atom stereocenters. The van der Waals surface area contributed by atoms with Crippen LogP contribution in [0.3, 0.4) is 0 Å². The minimum Gasteiger partial charge on any atom is -0.305 e. The van der Waals surface area contributed by atoms with E-state index in [9.17, 15) is 17.6 Å². The molecule has 0 atom stereocenters. The monoisotopic (exact) mass is 865 g/mol. The van der Waals surface area contributed by atoms with Gasteiger partial charge in [0, 0.05) is 48.8 Å². The summed E-state index contributed by atoms with van der Waals surface area (Å²) in [5, 5.41) is 0. The summed E-state index contributed by atoms with van der Waals surface area (Å²) < 4.78 is 70.5. The third-order valence-corrected chi connectivity index (χ3v) is 5.47. The molecule has 5 nitrogen and oxygen atoms in total. The molecule has 0 bridgehead atoms. The average Bonchev–Trinajstić information content (AvgIpc) is 3.00. The molecule has 12 heteroatoms. The van der Waals surface area contributed by atoms with Crippen LogP contribution in [0, 0.1) is 24.9 Å². The molecule has 0 fully saturated rings. The van der Waals surface area contributed by atoms with Crippen molar-refractivity contribution in [1.29, 1.82) is 0 Å². The largest absolute Gasteiger partial charge is 0.305 e. The summed E-state index contributed by atoms with van der Waals surface area (Å²) >= 11 is 1.70. The number of nitrogens with zero attached hydrogens (tertiary/aromatic N) is 2. The fourth-order valence-electron chi connectivity index (χ4n) is 3.26. The van der Waals surface area contributed by atoms with Gasteiger partial charge in [-0.3, -0.25) is 0 Å². The number of pyridine rings is 2. The first kappa shape index (κ1) is 36.8. The number of benzene rings is 3. The quantitative estimate of drug-likeness (QED) is 0.0799. The minimum absolute atomic E-state index is 0. The summed E-state index contributed by atoms with van der Waals surface area (Å²) in [5.74, 6) is -0.227. The van der Waals surface area contributed by atoms with Crippen LogP contribution in [-0.2, 0) is 63.5 Å². The van der Waals surface area contributed by atoms with Gasteiger partial charge in [-0.1, -0.05) is 30.3 Å². The van der Waals surface area contributed by atoms with Gasteiger partial charge in [-0.05, 0) is 47.6 Å². The van der Waals surface area contributed by atoms with Gasteiger partial charge < -0.3 is 18.4 Å². The first-order chi connectivity index (χ1) is 19.6. The summed E-state index contributed by atoms with van der Waals surface area (Å²) in [6.07, 6.45) is 3.62. The van der Waals surface area contributed by atoms with Gasteiger partial charge in [0.2, 0.25) is 0 Å². The van der Waals surface area contributed by atoms with Crippen LogP contribution in [0.2, 0.25) is 0 Å². The molecule has 1 radical (unpaired) electrons. The van der Waals surface area contributed by atoms with Crippen LogP contribution in [0.15, 0.2) is 109 Å². The first-order valence-corrected chi connectivity index (χ1v) is 13.2. The third-order valence-electron chi connectivity index (χ3n) is 5.09. The third kappa shape index (κ3) is 12.4. The Morgan fingerprint density at radius 3 is 1.71 bits per heavy atom. The molecule has 0 aliphatic heterocycles. The van der Waals surface area contributed by atoms with Crippen LogP contribution >= 0.6 is 0 Å². The summed E-state index contributed by atoms with van der Waals surface area (Å²) in [6, 6.07) is 36.3. The number of halogens is 4. The summed E-state index contributed by atoms with van der Waals surface area (Å²) in [4.78, 5) is 8.70. The minimum atomic E-state index is -5.08. The Morgan fingerprint density at radius 2 is 1.29 bits per heavy atom. The van der Waals surface area contributed by atoms with E-state index in [4.69, 9.17) is 11.7 Å². The van der Waals surface area contributed by atoms with E-state index in [1.807, 2.05) is 85.9 Å². The summed E-state index contributed by atoms with van der Waals surface area (Å²) in [6.45, 7) is 2.03. The fraction of sp³-hybridized carbons (Fsp3) is 0.0667. The molecule has 0 aliphatic carbocycles. The van der Waals surface area contributed by atoms with Crippen LogP contribution in [0.1, 0.15) is 5.56 Å². The van der Waals surface area contributed by atoms with Gasteiger partial charge in [0.05, 0.1) is 0 Å².